The van der Waals surface area contributed by atoms with Crippen LogP contribution in [0.2, 0.25) is 0 Å². The maximum absolute atomic E-state index is 12.0. The van der Waals surface area contributed by atoms with Crippen LogP contribution in [-0.4, -0.2) is 32.1 Å². The number of carbonyl (C=O) groups is 1. The molecule has 0 saturated heterocycles. The Balaban J connectivity index is 2.00. The van der Waals surface area contributed by atoms with Gasteiger partial charge >= 0.3 is 5.97 Å². The molecule has 2 rings (SSSR count). The molecule has 0 aliphatic carbocycles. The number of oxime groups is 1. The average molecular weight is 358 g/mol. The number of hydrogen-bond donors (Lipinski definition) is 1. The normalized spacial score (nSPS) is 12.2. The number of carbonyl (C=O) groups excluding carboxylic acids is 1. The summed E-state index contributed by atoms with van der Waals surface area (Å²) in [7, 11) is 3.05. The summed E-state index contributed by atoms with van der Waals surface area (Å²) in [6, 6.07) is 12.3. The van der Waals surface area contributed by atoms with Gasteiger partial charge in [-0.3, -0.25) is 0 Å². The average Bonchev–Trinajstić information content (AvgIpc) is 2.66. The molecule has 2 aromatic rings. The molecule has 138 valence electrons. The molecule has 1 unspecified atom stereocenters. The molecule has 0 saturated carbocycles. The topological polar surface area (TPSA) is 92.4 Å². The number of nitrogens with two attached hydrogens (primary N) is 1. The van der Waals surface area contributed by atoms with Gasteiger partial charge in [0.1, 0.15) is 5.75 Å². The standard InChI is InChI=1S/C19H22N2O5/c1-12-5-8-15(9-6-12)25-13(2)19(22)26-21-18(20)14-7-10-16(23-3)17(11-14)24-4/h5-11,13H,1-4H3,(H2,20,21). The molecule has 0 amide bonds. The molecule has 0 aliphatic rings. The number of nitrogens with zero attached hydrogens (tertiary/aromatic N) is 1. The predicted molar refractivity (Wildman–Crippen MR) is 97.6 cm³/mol. The third-order valence-electron chi connectivity index (χ3n) is 3.58. The summed E-state index contributed by atoms with van der Waals surface area (Å²) in [5, 5.41) is 3.67. The van der Waals surface area contributed by atoms with Gasteiger partial charge in [0.15, 0.2) is 23.4 Å². The first-order valence-corrected chi connectivity index (χ1v) is 7.94. The van der Waals surface area contributed by atoms with E-state index in [2.05, 4.69) is 5.16 Å². The zero-order chi connectivity index (χ0) is 19.1. The van der Waals surface area contributed by atoms with Crippen LogP contribution in [0.25, 0.3) is 0 Å². The number of methoxy groups -OCH3 is 2. The lowest BCUT2D eigenvalue weighted by Gasteiger charge is -2.12. The lowest BCUT2D eigenvalue weighted by Crippen LogP contribution is -2.26. The van der Waals surface area contributed by atoms with E-state index < -0.39 is 12.1 Å². The number of aryl methyl sites for hydroxylation is 1. The van der Waals surface area contributed by atoms with E-state index in [0.717, 1.165) is 5.56 Å². The number of benzene rings is 2. The highest BCUT2D eigenvalue weighted by Crippen LogP contribution is 2.27. The molecule has 0 aromatic heterocycles. The van der Waals surface area contributed by atoms with Gasteiger partial charge in [0.2, 0.25) is 0 Å². The third kappa shape index (κ3) is 4.89. The van der Waals surface area contributed by atoms with E-state index >= 15 is 0 Å². The predicted octanol–water partition coefficient (Wildman–Crippen LogP) is 2.64. The van der Waals surface area contributed by atoms with Crippen LogP contribution in [0.1, 0.15) is 18.1 Å². The van der Waals surface area contributed by atoms with Gasteiger partial charge in [-0.05, 0) is 44.2 Å². The minimum Gasteiger partial charge on any atom is -0.493 e. The Morgan fingerprint density at radius 1 is 1.04 bits per heavy atom. The Bertz CT molecular complexity index is 787. The van der Waals surface area contributed by atoms with Gasteiger partial charge < -0.3 is 24.8 Å². The number of ether oxygens (including phenoxy) is 3. The van der Waals surface area contributed by atoms with Crippen molar-refractivity contribution in [1.82, 2.24) is 0 Å². The van der Waals surface area contributed by atoms with E-state index in [0.29, 0.717) is 22.8 Å². The Morgan fingerprint density at radius 2 is 1.69 bits per heavy atom. The zero-order valence-corrected chi connectivity index (χ0v) is 15.2. The van der Waals surface area contributed by atoms with Gasteiger partial charge in [-0.15, -0.1) is 0 Å². The lowest BCUT2D eigenvalue weighted by atomic mass is 10.2. The molecule has 0 aliphatic heterocycles. The van der Waals surface area contributed by atoms with Crippen LogP contribution in [0.15, 0.2) is 47.6 Å². The summed E-state index contributed by atoms with van der Waals surface area (Å²) in [5.74, 6) is 0.986. The molecule has 26 heavy (non-hydrogen) atoms. The second-order valence-corrected chi connectivity index (χ2v) is 5.53. The monoisotopic (exact) mass is 358 g/mol. The molecule has 0 fully saturated rings. The largest absolute Gasteiger partial charge is 0.493 e. The Labute approximate surface area is 152 Å². The van der Waals surface area contributed by atoms with Crippen molar-refractivity contribution in [2.45, 2.75) is 20.0 Å². The van der Waals surface area contributed by atoms with E-state index in [4.69, 9.17) is 24.8 Å². The van der Waals surface area contributed by atoms with Crippen molar-refractivity contribution in [2.75, 3.05) is 14.2 Å². The maximum Gasteiger partial charge on any atom is 0.374 e. The molecule has 0 bridgehead atoms. The van der Waals surface area contributed by atoms with Crippen molar-refractivity contribution in [3.05, 3.63) is 53.6 Å². The fourth-order valence-corrected chi connectivity index (χ4v) is 2.09. The zero-order valence-electron chi connectivity index (χ0n) is 15.2. The van der Waals surface area contributed by atoms with Gasteiger partial charge in [0.25, 0.3) is 0 Å². The van der Waals surface area contributed by atoms with Crippen molar-refractivity contribution in [3.8, 4) is 17.2 Å². The Kier molecular flexibility index (Phi) is 6.43. The van der Waals surface area contributed by atoms with Gasteiger partial charge in [0.05, 0.1) is 14.2 Å². The molecule has 7 nitrogen and oxygen atoms in total. The van der Waals surface area contributed by atoms with E-state index in [-0.39, 0.29) is 5.84 Å². The highest BCUT2D eigenvalue weighted by molar-refractivity contribution is 5.98. The van der Waals surface area contributed by atoms with E-state index in [1.54, 1.807) is 37.3 Å². The number of hydrogen-bond acceptors (Lipinski definition) is 6. The first kappa shape index (κ1) is 19.1. The molecule has 1 atom stereocenters. The van der Waals surface area contributed by atoms with Crippen LogP contribution >= 0.6 is 0 Å². The van der Waals surface area contributed by atoms with E-state index in [9.17, 15) is 4.79 Å². The van der Waals surface area contributed by atoms with Gasteiger partial charge in [-0.25, -0.2) is 4.79 Å². The van der Waals surface area contributed by atoms with E-state index in [1.165, 1.54) is 14.2 Å². The second-order valence-electron chi connectivity index (χ2n) is 5.53. The van der Waals surface area contributed by atoms with Gasteiger partial charge in [-0.2, -0.15) is 0 Å². The number of amidine groups is 1. The summed E-state index contributed by atoms with van der Waals surface area (Å²) in [4.78, 5) is 16.9. The third-order valence-corrected chi connectivity index (χ3v) is 3.58. The van der Waals surface area contributed by atoms with Crippen LogP contribution in [0.5, 0.6) is 17.2 Å². The molecule has 7 heteroatoms. The summed E-state index contributed by atoms with van der Waals surface area (Å²) in [6.45, 7) is 3.54. The fraction of sp³-hybridized carbons (Fsp3) is 0.263. The quantitative estimate of drug-likeness (QED) is 0.354. The summed E-state index contributed by atoms with van der Waals surface area (Å²) >= 11 is 0. The molecule has 2 aromatic carbocycles. The summed E-state index contributed by atoms with van der Waals surface area (Å²) < 4.78 is 15.9. The van der Waals surface area contributed by atoms with Crippen LogP contribution in [0.3, 0.4) is 0 Å². The highest BCUT2D eigenvalue weighted by Gasteiger charge is 2.17. The van der Waals surface area contributed by atoms with Crippen LogP contribution in [0.4, 0.5) is 0 Å². The minimum atomic E-state index is -0.834. The lowest BCUT2D eigenvalue weighted by molar-refractivity contribution is -0.151. The number of rotatable bonds is 7. The molecular weight excluding hydrogens is 336 g/mol. The molecule has 0 heterocycles. The van der Waals surface area contributed by atoms with Crippen molar-refractivity contribution in [1.29, 1.82) is 0 Å². The molecule has 0 spiro atoms. The Hall–Kier alpha value is -3.22. The van der Waals surface area contributed by atoms with Crippen LogP contribution in [-0.2, 0) is 9.63 Å². The Morgan fingerprint density at radius 3 is 2.31 bits per heavy atom. The van der Waals surface area contributed by atoms with Crippen LogP contribution < -0.4 is 19.9 Å². The second kappa shape index (κ2) is 8.75. The molecule has 2 N–H and O–H groups in total. The minimum absolute atomic E-state index is 0.0295. The molecular formula is C19H22N2O5. The summed E-state index contributed by atoms with van der Waals surface area (Å²) in [5.41, 5.74) is 7.49. The van der Waals surface area contributed by atoms with Crippen LogP contribution in [0, 0.1) is 6.92 Å². The smallest absolute Gasteiger partial charge is 0.374 e. The summed E-state index contributed by atoms with van der Waals surface area (Å²) in [6.07, 6.45) is -0.834. The fourth-order valence-electron chi connectivity index (χ4n) is 2.09. The highest BCUT2D eigenvalue weighted by atomic mass is 16.7. The SMILES string of the molecule is COc1ccc(C(N)=NOC(=O)C(C)Oc2ccc(C)cc2)cc1OC. The van der Waals surface area contributed by atoms with Crippen molar-refractivity contribution in [3.63, 3.8) is 0 Å². The van der Waals surface area contributed by atoms with Crippen molar-refractivity contribution < 1.29 is 23.8 Å². The molecule has 0 radical (unpaired) electrons. The van der Waals surface area contributed by atoms with Crippen molar-refractivity contribution in [2.24, 2.45) is 10.9 Å². The van der Waals surface area contributed by atoms with Crippen molar-refractivity contribution >= 4 is 11.8 Å². The maximum atomic E-state index is 12.0. The first-order chi connectivity index (χ1) is 12.4. The van der Waals surface area contributed by atoms with Gasteiger partial charge in [0, 0.05) is 5.56 Å². The van der Waals surface area contributed by atoms with E-state index in [1.807, 2.05) is 19.1 Å². The first-order valence-electron chi connectivity index (χ1n) is 7.94. The van der Waals surface area contributed by atoms with Gasteiger partial charge in [-0.1, -0.05) is 22.9 Å².